The standard InChI is InChI=1S/C15H12BrCl2NO2/c1-21-15(20)14(9-2-7-12(17)13(18)8-9)19-11-5-3-10(16)4-6-11/h2-8,14,19H,1H3. The Morgan fingerprint density at radius 3 is 2.38 bits per heavy atom. The van der Waals surface area contributed by atoms with Crippen molar-refractivity contribution in [1.82, 2.24) is 0 Å². The molecular weight excluding hydrogens is 377 g/mol. The van der Waals surface area contributed by atoms with Crippen molar-refractivity contribution in [2.75, 3.05) is 12.4 Å². The Balaban J connectivity index is 2.31. The van der Waals surface area contributed by atoms with Crippen molar-refractivity contribution in [3.05, 3.63) is 62.5 Å². The molecule has 0 aliphatic heterocycles. The quantitative estimate of drug-likeness (QED) is 0.742. The number of hydrogen-bond donors (Lipinski definition) is 1. The molecule has 1 unspecified atom stereocenters. The first-order chi connectivity index (χ1) is 10.0. The molecule has 2 rings (SSSR count). The van der Waals surface area contributed by atoms with E-state index in [9.17, 15) is 4.79 Å². The van der Waals surface area contributed by atoms with Crippen LogP contribution < -0.4 is 5.32 Å². The van der Waals surface area contributed by atoms with Crippen LogP contribution in [-0.4, -0.2) is 13.1 Å². The van der Waals surface area contributed by atoms with Crippen molar-refractivity contribution in [2.45, 2.75) is 6.04 Å². The summed E-state index contributed by atoms with van der Waals surface area (Å²) in [6.07, 6.45) is 0. The lowest BCUT2D eigenvalue weighted by atomic mass is 10.1. The smallest absolute Gasteiger partial charge is 0.332 e. The fraction of sp³-hybridized carbons (Fsp3) is 0.133. The fourth-order valence-corrected chi connectivity index (χ4v) is 2.37. The van der Waals surface area contributed by atoms with Crippen LogP contribution in [0.15, 0.2) is 46.9 Å². The summed E-state index contributed by atoms with van der Waals surface area (Å²) >= 11 is 15.3. The first kappa shape index (κ1) is 16.1. The number of anilines is 1. The van der Waals surface area contributed by atoms with E-state index in [-0.39, 0.29) is 0 Å². The van der Waals surface area contributed by atoms with E-state index in [0.29, 0.717) is 15.6 Å². The lowest BCUT2D eigenvalue weighted by molar-refractivity contribution is -0.141. The Bertz CT molecular complexity index is 647. The van der Waals surface area contributed by atoms with E-state index in [2.05, 4.69) is 21.2 Å². The molecule has 0 bridgehead atoms. The molecule has 0 saturated carbocycles. The van der Waals surface area contributed by atoms with Gasteiger partial charge in [-0.1, -0.05) is 45.2 Å². The minimum atomic E-state index is -0.661. The van der Waals surface area contributed by atoms with E-state index in [0.717, 1.165) is 10.2 Å². The molecule has 0 saturated heterocycles. The lowest BCUT2D eigenvalue weighted by Crippen LogP contribution is -2.22. The van der Waals surface area contributed by atoms with Crippen molar-refractivity contribution in [2.24, 2.45) is 0 Å². The van der Waals surface area contributed by atoms with Crippen LogP contribution in [0.5, 0.6) is 0 Å². The van der Waals surface area contributed by atoms with Crippen LogP contribution in [0.3, 0.4) is 0 Å². The Morgan fingerprint density at radius 2 is 1.81 bits per heavy atom. The van der Waals surface area contributed by atoms with E-state index < -0.39 is 12.0 Å². The molecule has 1 N–H and O–H groups in total. The summed E-state index contributed by atoms with van der Waals surface area (Å²) in [5, 5.41) is 3.95. The molecule has 0 heterocycles. The number of hydrogen-bond acceptors (Lipinski definition) is 3. The third-order valence-electron chi connectivity index (χ3n) is 2.87. The number of rotatable bonds is 4. The summed E-state index contributed by atoms with van der Waals surface area (Å²) in [6.45, 7) is 0. The first-order valence-electron chi connectivity index (χ1n) is 6.06. The molecule has 2 aromatic carbocycles. The van der Waals surface area contributed by atoms with Crippen molar-refractivity contribution in [3.63, 3.8) is 0 Å². The van der Waals surface area contributed by atoms with Crippen LogP contribution in [0.1, 0.15) is 11.6 Å². The second-order valence-electron chi connectivity index (χ2n) is 4.28. The highest BCUT2D eigenvalue weighted by Gasteiger charge is 2.22. The van der Waals surface area contributed by atoms with E-state index in [1.807, 2.05) is 24.3 Å². The molecule has 110 valence electrons. The molecule has 0 fully saturated rings. The van der Waals surface area contributed by atoms with Gasteiger partial charge in [-0.05, 0) is 42.0 Å². The lowest BCUT2D eigenvalue weighted by Gasteiger charge is -2.18. The van der Waals surface area contributed by atoms with Gasteiger partial charge in [0, 0.05) is 10.2 Å². The highest BCUT2D eigenvalue weighted by atomic mass is 79.9. The molecule has 2 aromatic rings. The molecule has 0 aromatic heterocycles. The minimum absolute atomic E-state index is 0.390. The van der Waals surface area contributed by atoms with Crippen LogP contribution in [-0.2, 0) is 9.53 Å². The first-order valence-corrected chi connectivity index (χ1v) is 7.61. The number of carbonyl (C=O) groups is 1. The molecule has 0 spiro atoms. The second-order valence-corrected chi connectivity index (χ2v) is 6.01. The molecular formula is C15H12BrCl2NO2. The summed E-state index contributed by atoms with van der Waals surface area (Å²) in [5.41, 5.74) is 1.47. The molecule has 0 radical (unpaired) electrons. The number of carbonyl (C=O) groups excluding carboxylic acids is 1. The van der Waals surface area contributed by atoms with Gasteiger partial charge in [-0.3, -0.25) is 0 Å². The third-order valence-corrected chi connectivity index (χ3v) is 4.14. The number of nitrogens with one attached hydrogen (secondary N) is 1. The van der Waals surface area contributed by atoms with Gasteiger partial charge in [0.2, 0.25) is 0 Å². The van der Waals surface area contributed by atoms with Crippen molar-refractivity contribution in [1.29, 1.82) is 0 Å². The van der Waals surface area contributed by atoms with Crippen LogP contribution in [0, 0.1) is 0 Å². The van der Waals surface area contributed by atoms with E-state index in [4.69, 9.17) is 27.9 Å². The molecule has 3 nitrogen and oxygen atoms in total. The number of methoxy groups -OCH3 is 1. The zero-order valence-corrected chi connectivity index (χ0v) is 14.2. The van der Waals surface area contributed by atoms with Gasteiger partial charge in [0.25, 0.3) is 0 Å². The average Bonchev–Trinajstić information content (AvgIpc) is 2.49. The van der Waals surface area contributed by atoms with Gasteiger partial charge in [-0.15, -0.1) is 0 Å². The normalized spacial score (nSPS) is 11.8. The predicted molar refractivity (Wildman–Crippen MR) is 89.0 cm³/mol. The number of halogens is 3. The molecule has 1 atom stereocenters. The van der Waals surface area contributed by atoms with Gasteiger partial charge in [0.15, 0.2) is 6.04 Å². The monoisotopic (exact) mass is 387 g/mol. The minimum Gasteiger partial charge on any atom is -0.467 e. The zero-order chi connectivity index (χ0) is 15.4. The van der Waals surface area contributed by atoms with Gasteiger partial charge in [-0.25, -0.2) is 4.79 Å². The Morgan fingerprint density at radius 1 is 1.14 bits per heavy atom. The number of esters is 1. The maximum atomic E-state index is 12.0. The zero-order valence-electron chi connectivity index (χ0n) is 11.1. The maximum absolute atomic E-state index is 12.0. The summed E-state index contributed by atoms with van der Waals surface area (Å²) in [4.78, 5) is 12.0. The van der Waals surface area contributed by atoms with Gasteiger partial charge >= 0.3 is 5.97 Å². The molecule has 0 aliphatic rings. The maximum Gasteiger partial charge on any atom is 0.332 e. The van der Waals surface area contributed by atoms with Crippen molar-refractivity contribution >= 4 is 50.8 Å². The largest absolute Gasteiger partial charge is 0.467 e. The molecule has 0 aliphatic carbocycles. The summed E-state index contributed by atoms with van der Waals surface area (Å²) in [7, 11) is 1.34. The number of benzene rings is 2. The Labute approximate surface area is 141 Å². The molecule has 0 amide bonds. The van der Waals surface area contributed by atoms with Gasteiger partial charge < -0.3 is 10.1 Å². The van der Waals surface area contributed by atoms with Crippen LogP contribution in [0.4, 0.5) is 5.69 Å². The average molecular weight is 389 g/mol. The van der Waals surface area contributed by atoms with Crippen molar-refractivity contribution < 1.29 is 9.53 Å². The van der Waals surface area contributed by atoms with Gasteiger partial charge in [0.05, 0.1) is 17.2 Å². The van der Waals surface area contributed by atoms with E-state index in [1.54, 1.807) is 18.2 Å². The van der Waals surface area contributed by atoms with Gasteiger partial charge in [0.1, 0.15) is 0 Å². The Hall–Kier alpha value is -1.23. The van der Waals surface area contributed by atoms with Crippen molar-refractivity contribution in [3.8, 4) is 0 Å². The highest BCUT2D eigenvalue weighted by molar-refractivity contribution is 9.10. The van der Waals surface area contributed by atoms with Crippen LogP contribution in [0.25, 0.3) is 0 Å². The third kappa shape index (κ3) is 4.13. The summed E-state index contributed by atoms with van der Waals surface area (Å²) in [5.74, 6) is -0.406. The van der Waals surface area contributed by atoms with E-state index >= 15 is 0 Å². The summed E-state index contributed by atoms with van der Waals surface area (Å²) < 4.78 is 5.80. The molecule has 6 heteroatoms. The summed E-state index contributed by atoms with van der Waals surface area (Å²) in [6, 6.07) is 11.9. The second kappa shape index (κ2) is 7.16. The van der Waals surface area contributed by atoms with Crippen LogP contribution >= 0.6 is 39.1 Å². The van der Waals surface area contributed by atoms with E-state index in [1.165, 1.54) is 7.11 Å². The SMILES string of the molecule is COC(=O)C(Nc1ccc(Br)cc1)c1ccc(Cl)c(Cl)c1. The number of ether oxygens (including phenoxy) is 1. The molecule has 21 heavy (non-hydrogen) atoms. The fourth-order valence-electron chi connectivity index (χ4n) is 1.80. The van der Waals surface area contributed by atoms with Crippen LogP contribution in [0.2, 0.25) is 10.0 Å². The Kier molecular flexibility index (Phi) is 5.51. The van der Waals surface area contributed by atoms with Gasteiger partial charge in [-0.2, -0.15) is 0 Å². The predicted octanol–water partition coefficient (Wildman–Crippen LogP) is 5.08. The topological polar surface area (TPSA) is 38.3 Å². The highest BCUT2D eigenvalue weighted by Crippen LogP contribution is 2.28.